The molecule has 3 nitrogen and oxygen atoms in total. The van der Waals surface area contributed by atoms with E-state index in [1.54, 1.807) is 12.2 Å². The average Bonchev–Trinajstić information content (AvgIpc) is 2.34. The minimum absolute atomic E-state index is 0.421. The molecule has 0 aliphatic rings. The zero-order valence-electron chi connectivity index (χ0n) is 9.91. The molecule has 2 N–H and O–H groups in total. The summed E-state index contributed by atoms with van der Waals surface area (Å²) in [5.74, 6) is 5.41. The van der Waals surface area contributed by atoms with Crippen molar-refractivity contribution in [2.45, 2.75) is 32.0 Å². The van der Waals surface area contributed by atoms with Gasteiger partial charge in [0.1, 0.15) is 18.5 Å². The Bertz CT molecular complexity index is 342. The van der Waals surface area contributed by atoms with Crippen molar-refractivity contribution in [2.75, 3.05) is 0 Å². The lowest BCUT2D eigenvalue weighted by Gasteiger charge is -2.08. The third-order valence-electron chi connectivity index (χ3n) is 1.84. The van der Waals surface area contributed by atoms with E-state index in [0.29, 0.717) is 12.8 Å². The molecule has 0 aliphatic heterocycles. The van der Waals surface area contributed by atoms with Gasteiger partial charge in [0, 0.05) is 6.42 Å². The summed E-state index contributed by atoms with van der Waals surface area (Å²) < 4.78 is 0. The molecule has 0 aromatic carbocycles. The van der Waals surface area contributed by atoms with Crippen LogP contribution in [0.15, 0.2) is 36.5 Å². The van der Waals surface area contributed by atoms with Crippen molar-refractivity contribution in [1.29, 1.82) is 0 Å². The highest BCUT2D eigenvalue weighted by atomic mass is 16.3. The van der Waals surface area contributed by atoms with E-state index < -0.39 is 12.2 Å². The first-order chi connectivity index (χ1) is 8.22. The maximum absolute atomic E-state index is 10.0. The summed E-state index contributed by atoms with van der Waals surface area (Å²) in [5, 5.41) is 19.0. The molecule has 2 atom stereocenters. The summed E-state index contributed by atoms with van der Waals surface area (Å²) in [4.78, 5) is 10.0. The summed E-state index contributed by atoms with van der Waals surface area (Å²) in [7, 11) is 0. The molecular weight excluding hydrogens is 216 g/mol. The van der Waals surface area contributed by atoms with Crippen LogP contribution in [-0.2, 0) is 4.79 Å². The fourth-order valence-corrected chi connectivity index (χ4v) is 0.954. The zero-order chi connectivity index (χ0) is 12.9. The maximum atomic E-state index is 10.0. The predicted molar refractivity (Wildman–Crippen MR) is 68.2 cm³/mol. The number of aldehydes is 1. The van der Waals surface area contributed by atoms with Gasteiger partial charge in [0.25, 0.3) is 0 Å². The van der Waals surface area contributed by atoms with Crippen molar-refractivity contribution < 1.29 is 15.0 Å². The van der Waals surface area contributed by atoms with Crippen LogP contribution in [0.1, 0.15) is 19.8 Å². The topological polar surface area (TPSA) is 57.5 Å². The van der Waals surface area contributed by atoms with Gasteiger partial charge in [0.15, 0.2) is 0 Å². The van der Waals surface area contributed by atoms with E-state index in [2.05, 4.69) is 11.8 Å². The fraction of sp³-hybridized carbons (Fsp3) is 0.357. The summed E-state index contributed by atoms with van der Waals surface area (Å²) in [5.41, 5.74) is 0. The molecule has 0 saturated heterocycles. The van der Waals surface area contributed by atoms with Gasteiger partial charge in [-0.05, 0) is 31.6 Å². The number of hydrogen-bond donors (Lipinski definition) is 2. The Labute approximate surface area is 102 Å². The monoisotopic (exact) mass is 234 g/mol. The van der Waals surface area contributed by atoms with Crippen molar-refractivity contribution in [2.24, 2.45) is 0 Å². The van der Waals surface area contributed by atoms with Crippen molar-refractivity contribution >= 4 is 6.29 Å². The van der Waals surface area contributed by atoms with Crippen molar-refractivity contribution in [3.63, 3.8) is 0 Å². The van der Waals surface area contributed by atoms with E-state index in [9.17, 15) is 15.0 Å². The molecule has 0 spiro atoms. The van der Waals surface area contributed by atoms with E-state index in [0.717, 1.165) is 6.29 Å². The van der Waals surface area contributed by atoms with Crippen molar-refractivity contribution in [1.82, 2.24) is 0 Å². The number of carbonyl (C=O) groups is 1. The van der Waals surface area contributed by atoms with E-state index in [1.165, 1.54) is 18.2 Å². The Hall–Kier alpha value is -1.63. The van der Waals surface area contributed by atoms with Crippen LogP contribution in [0.3, 0.4) is 0 Å². The highest BCUT2D eigenvalue weighted by Gasteiger charge is 2.07. The standard InChI is InChI=1S/C14H18O3/c1-2-3-4-5-7-10-13(16)14(17)11-8-6-9-12-15/h2-3,7-8,10-14,16-17H,6,9H2,1H3/b3-2+,10-7+,11-8+/t13-,14-/m0/s1. The Kier molecular flexibility index (Phi) is 9.83. The van der Waals surface area contributed by atoms with Crippen LogP contribution in [0.5, 0.6) is 0 Å². The molecule has 92 valence electrons. The summed E-state index contributed by atoms with van der Waals surface area (Å²) in [6.45, 7) is 1.86. The SMILES string of the molecule is C/C=C/C#C/C=C/[C@H](O)[C@@H](O)/C=C/CCC=O. The Morgan fingerprint density at radius 3 is 2.35 bits per heavy atom. The number of hydrogen-bond acceptors (Lipinski definition) is 3. The minimum Gasteiger partial charge on any atom is -0.386 e. The number of unbranched alkanes of at least 4 members (excludes halogenated alkanes) is 1. The first kappa shape index (κ1) is 15.4. The van der Waals surface area contributed by atoms with Crippen molar-refractivity contribution in [3.8, 4) is 11.8 Å². The molecule has 0 fully saturated rings. The number of carbonyl (C=O) groups excluding carboxylic acids is 1. The first-order valence-electron chi connectivity index (χ1n) is 5.47. The summed E-state index contributed by atoms with van der Waals surface area (Å²) in [6.07, 6.45) is 9.39. The van der Waals surface area contributed by atoms with Crippen LogP contribution in [0.4, 0.5) is 0 Å². The first-order valence-corrected chi connectivity index (χ1v) is 5.47. The Balaban J connectivity index is 4.05. The molecule has 0 heterocycles. The fourth-order valence-electron chi connectivity index (χ4n) is 0.954. The lowest BCUT2D eigenvalue weighted by molar-refractivity contribution is -0.107. The molecule has 0 radical (unpaired) electrons. The minimum atomic E-state index is -0.984. The Morgan fingerprint density at radius 2 is 1.71 bits per heavy atom. The Morgan fingerprint density at radius 1 is 1.06 bits per heavy atom. The predicted octanol–water partition coefficient (Wildman–Crippen LogP) is 1.38. The van der Waals surface area contributed by atoms with Gasteiger partial charge in [-0.25, -0.2) is 0 Å². The number of allylic oxidation sites excluding steroid dienone is 4. The van der Waals surface area contributed by atoms with Gasteiger partial charge in [-0.2, -0.15) is 0 Å². The zero-order valence-corrected chi connectivity index (χ0v) is 9.91. The largest absolute Gasteiger partial charge is 0.386 e. The lowest BCUT2D eigenvalue weighted by atomic mass is 10.1. The normalized spacial score (nSPS) is 15.0. The third kappa shape index (κ3) is 9.31. The second-order valence-corrected chi connectivity index (χ2v) is 3.30. The summed E-state index contributed by atoms with van der Waals surface area (Å²) >= 11 is 0. The van der Waals surface area contributed by atoms with E-state index in [-0.39, 0.29) is 0 Å². The van der Waals surface area contributed by atoms with Crippen LogP contribution in [-0.4, -0.2) is 28.7 Å². The van der Waals surface area contributed by atoms with Gasteiger partial charge >= 0.3 is 0 Å². The second kappa shape index (κ2) is 10.9. The summed E-state index contributed by atoms with van der Waals surface area (Å²) in [6, 6.07) is 0. The van der Waals surface area contributed by atoms with Crippen LogP contribution >= 0.6 is 0 Å². The third-order valence-corrected chi connectivity index (χ3v) is 1.84. The van der Waals surface area contributed by atoms with Crippen LogP contribution in [0.25, 0.3) is 0 Å². The van der Waals surface area contributed by atoms with Crippen LogP contribution in [0, 0.1) is 11.8 Å². The van der Waals surface area contributed by atoms with Gasteiger partial charge in [-0.1, -0.05) is 30.1 Å². The molecule has 0 aromatic heterocycles. The molecule has 0 amide bonds. The van der Waals surface area contributed by atoms with Gasteiger partial charge < -0.3 is 15.0 Å². The number of aliphatic hydroxyl groups excluding tert-OH is 2. The molecule has 0 aromatic rings. The highest BCUT2D eigenvalue weighted by Crippen LogP contribution is 1.99. The van der Waals surface area contributed by atoms with E-state index >= 15 is 0 Å². The van der Waals surface area contributed by atoms with E-state index in [4.69, 9.17) is 0 Å². The molecule has 0 aliphatic carbocycles. The molecule has 0 unspecified atom stereocenters. The smallest absolute Gasteiger partial charge is 0.120 e. The second-order valence-electron chi connectivity index (χ2n) is 3.30. The van der Waals surface area contributed by atoms with Crippen molar-refractivity contribution in [3.05, 3.63) is 36.5 Å². The van der Waals surface area contributed by atoms with E-state index in [1.807, 2.05) is 13.0 Å². The lowest BCUT2D eigenvalue weighted by Crippen LogP contribution is -2.20. The number of rotatable bonds is 6. The van der Waals surface area contributed by atoms with Crippen LogP contribution < -0.4 is 0 Å². The van der Waals surface area contributed by atoms with Gasteiger partial charge in [-0.3, -0.25) is 0 Å². The molecular formula is C14H18O3. The molecule has 0 saturated carbocycles. The van der Waals surface area contributed by atoms with Gasteiger partial charge in [0.05, 0.1) is 0 Å². The molecule has 0 bridgehead atoms. The molecule has 3 heteroatoms. The number of aliphatic hydroxyl groups is 2. The molecule has 17 heavy (non-hydrogen) atoms. The average molecular weight is 234 g/mol. The van der Waals surface area contributed by atoms with Gasteiger partial charge in [-0.15, -0.1) is 0 Å². The maximum Gasteiger partial charge on any atom is 0.120 e. The van der Waals surface area contributed by atoms with Crippen LogP contribution in [0.2, 0.25) is 0 Å². The quantitative estimate of drug-likeness (QED) is 0.316. The molecule has 0 rings (SSSR count). The van der Waals surface area contributed by atoms with Gasteiger partial charge in [0.2, 0.25) is 0 Å². The highest BCUT2D eigenvalue weighted by molar-refractivity contribution is 5.49.